The average molecular weight is 430 g/mol. The minimum Gasteiger partial charge on any atom is -0.493 e. The van der Waals surface area contributed by atoms with E-state index < -0.39 is 20.2 Å². The highest BCUT2D eigenvalue weighted by Crippen LogP contribution is 2.31. The summed E-state index contributed by atoms with van der Waals surface area (Å²) in [4.78, 5) is 16.2. The van der Waals surface area contributed by atoms with Gasteiger partial charge < -0.3 is 24.5 Å². The molecule has 0 unspecified atom stereocenters. The minimum atomic E-state index is -1.19. The van der Waals surface area contributed by atoms with Gasteiger partial charge in [0.05, 0.1) is 18.3 Å². The molecule has 1 atom stereocenters. The zero-order valence-corrected chi connectivity index (χ0v) is 18.9. The average Bonchev–Trinajstić information content (AvgIpc) is 3.09. The van der Waals surface area contributed by atoms with Crippen LogP contribution in [0.3, 0.4) is 0 Å². The van der Waals surface area contributed by atoms with E-state index in [1.807, 2.05) is 47.2 Å². The summed E-state index contributed by atoms with van der Waals surface area (Å²) in [6, 6.07) is 8.40. The summed E-state index contributed by atoms with van der Waals surface area (Å²) in [5.41, 5.74) is 1.63. The van der Waals surface area contributed by atoms with Gasteiger partial charge in [-0.05, 0) is 31.0 Å². The molecule has 2 N–H and O–H groups in total. The van der Waals surface area contributed by atoms with E-state index in [2.05, 4.69) is 25.0 Å². The molecule has 1 amide bonds. The van der Waals surface area contributed by atoms with Crippen LogP contribution >= 0.6 is 0 Å². The number of fused-ring (bicyclic) bond motifs is 4. The quantitative estimate of drug-likeness (QED) is 0.387. The molecule has 30 heavy (non-hydrogen) atoms. The Morgan fingerprint density at radius 3 is 2.90 bits per heavy atom. The number of rotatable bonds is 6. The van der Waals surface area contributed by atoms with Crippen molar-refractivity contribution in [3.63, 3.8) is 0 Å². The van der Waals surface area contributed by atoms with Gasteiger partial charge in [-0.3, -0.25) is 0 Å². The molecular formula is C22H31N3O4Si. The van der Waals surface area contributed by atoms with Crippen LogP contribution in [0.15, 0.2) is 42.6 Å². The fraction of sp³-hybridized carbons (Fsp3) is 0.455. The molecule has 0 fully saturated rings. The second-order valence-corrected chi connectivity index (χ2v) is 14.3. The van der Waals surface area contributed by atoms with Crippen LogP contribution < -0.4 is 10.1 Å². The molecule has 2 bridgehead atoms. The molecule has 0 spiro atoms. The Kier molecular flexibility index (Phi) is 7.33. The lowest BCUT2D eigenvalue weighted by Crippen LogP contribution is -2.29. The fourth-order valence-corrected chi connectivity index (χ4v) is 4.01. The van der Waals surface area contributed by atoms with E-state index in [1.54, 1.807) is 0 Å². The van der Waals surface area contributed by atoms with E-state index in [0.717, 1.165) is 29.5 Å². The highest BCUT2D eigenvalue weighted by atomic mass is 28.3. The van der Waals surface area contributed by atoms with E-state index >= 15 is 0 Å². The smallest absolute Gasteiger partial charge is 0.405 e. The number of hydrogen-bond acceptors (Lipinski definition) is 4. The number of hydrogen-bond donors (Lipinski definition) is 2. The number of imidazole rings is 1. The molecule has 0 radical (unpaired) electrons. The number of carboxylic acid groups (broad SMARTS) is 1. The van der Waals surface area contributed by atoms with Gasteiger partial charge in [0.2, 0.25) is 0 Å². The van der Waals surface area contributed by atoms with Crippen molar-refractivity contribution in [2.45, 2.75) is 51.3 Å². The van der Waals surface area contributed by atoms with Gasteiger partial charge >= 0.3 is 6.09 Å². The predicted molar refractivity (Wildman–Crippen MR) is 120 cm³/mol. The largest absolute Gasteiger partial charge is 0.493 e. The summed E-state index contributed by atoms with van der Waals surface area (Å²) in [7, 11) is -1.19. The Balaban J connectivity index is 1.94. The van der Waals surface area contributed by atoms with Crippen LogP contribution in [-0.4, -0.2) is 42.0 Å². The third kappa shape index (κ3) is 6.21. The van der Waals surface area contributed by atoms with E-state index in [4.69, 9.17) is 14.5 Å². The molecule has 1 aromatic heterocycles. The summed E-state index contributed by atoms with van der Waals surface area (Å²) in [6.45, 7) is 8.51. The Labute approximate surface area is 178 Å². The Morgan fingerprint density at radius 2 is 2.13 bits per heavy atom. The zero-order chi connectivity index (χ0) is 21.6. The van der Waals surface area contributed by atoms with Crippen molar-refractivity contribution in [2.24, 2.45) is 0 Å². The summed E-state index contributed by atoms with van der Waals surface area (Å²) >= 11 is 0. The lowest BCUT2D eigenvalue weighted by molar-refractivity contribution is 0.0837. The van der Waals surface area contributed by atoms with Gasteiger partial charge in [0.25, 0.3) is 0 Å². The third-order valence-electron chi connectivity index (χ3n) is 4.89. The third-order valence-corrected chi connectivity index (χ3v) is 6.59. The van der Waals surface area contributed by atoms with Gasteiger partial charge in [0.1, 0.15) is 18.3 Å². The molecule has 0 saturated carbocycles. The molecular weight excluding hydrogens is 398 g/mol. The minimum absolute atomic E-state index is 0.331. The van der Waals surface area contributed by atoms with Gasteiger partial charge in [-0.25, -0.2) is 9.78 Å². The lowest BCUT2D eigenvalue weighted by atomic mass is 10.1. The topological polar surface area (TPSA) is 85.6 Å². The molecule has 1 aromatic carbocycles. The Bertz CT molecular complexity index is 889. The number of carbonyl (C=O) groups is 1. The highest BCUT2D eigenvalue weighted by Gasteiger charge is 2.22. The number of nitrogens with one attached hydrogen (secondary N) is 1. The first-order chi connectivity index (χ1) is 14.3. The van der Waals surface area contributed by atoms with Gasteiger partial charge in [0, 0.05) is 26.4 Å². The molecule has 162 valence electrons. The second kappa shape index (κ2) is 9.95. The van der Waals surface area contributed by atoms with Crippen molar-refractivity contribution in [1.29, 1.82) is 0 Å². The highest BCUT2D eigenvalue weighted by molar-refractivity contribution is 6.76. The maximum Gasteiger partial charge on any atom is 0.405 e. The molecule has 1 aliphatic heterocycles. The van der Waals surface area contributed by atoms with Crippen molar-refractivity contribution in [2.75, 3.05) is 13.2 Å². The normalized spacial score (nSPS) is 17.8. The maximum atomic E-state index is 11.4. The van der Waals surface area contributed by atoms with Crippen molar-refractivity contribution in [1.82, 2.24) is 14.9 Å². The number of amides is 1. The van der Waals surface area contributed by atoms with E-state index in [1.165, 1.54) is 0 Å². The van der Waals surface area contributed by atoms with Gasteiger partial charge in [-0.1, -0.05) is 43.9 Å². The van der Waals surface area contributed by atoms with Crippen LogP contribution in [-0.2, 0) is 11.5 Å². The molecule has 0 aliphatic carbocycles. The van der Waals surface area contributed by atoms with Crippen molar-refractivity contribution in [3.05, 3.63) is 48.4 Å². The Morgan fingerprint density at radius 1 is 1.33 bits per heavy atom. The SMILES string of the molecule is C[Si](C)(C)CCOCn1cc2nc1[C@@H](NC(=O)O)C/C=C/CCOc1ccccc1-2. The molecule has 0 saturated heterocycles. The molecule has 3 rings (SSSR count). The van der Waals surface area contributed by atoms with Gasteiger partial charge in [0.15, 0.2) is 0 Å². The number of benzene rings is 1. The lowest BCUT2D eigenvalue weighted by Gasteiger charge is -2.18. The maximum absolute atomic E-state index is 11.4. The summed E-state index contributed by atoms with van der Waals surface area (Å²) in [6.07, 6.45) is 6.11. The number of para-hydroxylation sites is 1. The summed E-state index contributed by atoms with van der Waals surface area (Å²) in [5, 5.41) is 12.0. The van der Waals surface area contributed by atoms with Crippen LogP contribution in [0.25, 0.3) is 11.3 Å². The summed E-state index contributed by atoms with van der Waals surface area (Å²) in [5.74, 6) is 1.41. The summed E-state index contributed by atoms with van der Waals surface area (Å²) < 4.78 is 13.8. The molecule has 7 nitrogen and oxygen atoms in total. The van der Waals surface area contributed by atoms with Crippen molar-refractivity contribution in [3.8, 4) is 17.0 Å². The van der Waals surface area contributed by atoms with Crippen molar-refractivity contribution < 1.29 is 19.4 Å². The number of ether oxygens (including phenoxy) is 2. The van der Waals surface area contributed by atoms with Crippen LogP contribution in [0, 0.1) is 0 Å². The molecule has 8 heteroatoms. The van der Waals surface area contributed by atoms with Gasteiger partial charge in [-0.2, -0.15) is 0 Å². The van der Waals surface area contributed by atoms with Crippen molar-refractivity contribution >= 4 is 14.2 Å². The first-order valence-electron chi connectivity index (χ1n) is 10.3. The van der Waals surface area contributed by atoms with E-state index in [-0.39, 0.29) is 0 Å². The van der Waals surface area contributed by atoms with Gasteiger partial charge in [-0.15, -0.1) is 0 Å². The fourth-order valence-electron chi connectivity index (χ4n) is 3.25. The first kappa shape index (κ1) is 22.1. The first-order valence-corrected chi connectivity index (χ1v) is 14.1. The molecule has 2 heterocycles. The zero-order valence-electron chi connectivity index (χ0n) is 17.9. The second-order valence-electron chi connectivity index (χ2n) is 8.64. The van der Waals surface area contributed by atoms with Crippen LogP contribution in [0.2, 0.25) is 25.7 Å². The van der Waals surface area contributed by atoms with E-state index in [0.29, 0.717) is 32.2 Å². The van der Waals surface area contributed by atoms with Crippen LogP contribution in [0.5, 0.6) is 5.75 Å². The van der Waals surface area contributed by atoms with Crippen LogP contribution in [0.1, 0.15) is 24.7 Å². The number of aromatic nitrogens is 2. The molecule has 2 aromatic rings. The predicted octanol–water partition coefficient (Wildman–Crippen LogP) is 4.90. The monoisotopic (exact) mass is 429 g/mol. The standard InChI is InChI=1S/C22H31N3O4Si/c1-30(2,3)14-13-28-16-25-15-19-17-9-6-7-11-20(17)29-12-8-4-5-10-18(21(25)23-19)24-22(26)27/h4-7,9,11,15,18,24H,8,10,12-14,16H2,1-3H3,(H,26,27)/b5-4+/t18-/m0/s1. The van der Waals surface area contributed by atoms with Crippen LogP contribution in [0.4, 0.5) is 4.79 Å². The Hall–Kier alpha value is -2.58. The van der Waals surface area contributed by atoms with E-state index in [9.17, 15) is 9.90 Å². The molecule has 1 aliphatic rings. The number of nitrogens with zero attached hydrogens (tertiary/aromatic N) is 2.